The van der Waals surface area contributed by atoms with Gasteiger partial charge in [0.15, 0.2) is 0 Å². The molecule has 1 fully saturated rings. The zero-order chi connectivity index (χ0) is 15.0. The van der Waals surface area contributed by atoms with E-state index in [1.807, 2.05) is 6.92 Å². The predicted octanol–water partition coefficient (Wildman–Crippen LogP) is 1.58. The second-order valence-electron chi connectivity index (χ2n) is 5.15. The maximum Gasteiger partial charge on any atom is 0.240 e. The lowest BCUT2D eigenvalue weighted by molar-refractivity contribution is 0.355. The third-order valence-corrected chi connectivity index (χ3v) is 5.82. The number of alkyl halides is 1. The average molecular weight is 329 g/mol. The highest BCUT2D eigenvalue weighted by molar-refractivity contribution is 7.89. The van der Waals surface area contributed by atoms with E-state index in [1.54, 1.807) is 18.2 Å². The van der Waals surface area contributed by atoms with Gasteiger partial charge in [-0.3, -0.25) is 0 Å². The zero-order valence-electron chi connectivity index (χ0n) is 11.5. The van der Waals surface area contributed by atoms with Gasteiger partial charge in [0.1, 0.15) is 6.17 Å². The number of sulfonamides is 1. The summed E-state index contributed by atoms with van der Waals surface area (Å²) in [7, 11) is -3.58. The molecule has 0 aliphatic carbocycles. The fourth-order valence-electron chi connectivity index (χ4n) is 2.41. The monoisotopic (exact) mass is 329 g/mol. The second-order valence-corrected chi connectivity index (χ2v) is 8.15. The molecule has 2 aromatic rings. The first-order valence-electron chi connectivity index (χ1n) is 6.68. The average Bonchev–Trinajstić information content (AvgIpc) is 3.00. The van der Waals surface area contributed by atoms with Crippen LogP contribution in [0.1, 0.15) is 11.4 Å². The lowest BCUT2D eigenvalue weighted by Crippen LogP contribution is -2.37. The van der Waals surface area contributed by atoms with E-state index in [0.717, 1.165) is 15.2 Å². The summed E-state index contributed by atoms with van der Waals surface area (Å²) in [5.41, 5.74) is 0.800. The molecule has 114 valence electrons. The topological polar surface area (TPSA) is 71.1 Å². The van der Waals surface area contributed by atoms with E-state index in [9.17, 15) is 12.8 Å². The van der Waals surface area contributed by atoms with E-state index < -0.39 is 16.2 Å². The Morgan fingerprint density at radius 2 is 2.33 bits per heavy atom. The number of rotatable bonds is 4. The van der Waals surface area contributed by atoms with Crippen molar-refractivity contribution in [2.45, 2.75) is 30.5 Å². The third-order valence-electron chi connectivity index (χ3n) is 3.47. The number of halogens is 1. The van der Waals surface area contributed by atoms with E-state index in [1.165, 1.54) is 11.3 Å². The lowest BCUT2D eigenvalue weighted by Gasteiger charge is -2.11. The Balaban J connectivity index is 1.76. The van der Waals surface area contributed by atoms with Gasteiger partial charge in [-0.05, 0) is 31.5 Å². The fraction of sp³-hybridized carbons (Fsp3) is 0.462. The Morgan fingerprint density at radius 3 is 3.05 bits per heavy atom. The van der Waals surface area contributed by atoms with E-state index in [-0.39, 0.29) is 17.5 Å². The molecule has 0 saturated carbocycles. The summed E-state index contributed by atoms with van der Waals surface area (Å²) >= 11 is 1.46. The van der Waals surface area contributed by atoms with Crippen LogP contribution < -0.4 is 10.0 Å². The van der Waals surface area contributed by atoms with Crippen LogP contribution >= 0.6 is 11.3 Å². The predicted molar refractivity (Wildman–Crippen MR) is 80.8 cm³/mol. The molecule has 1 aliphatic rings. The SMILES string of the molecule is Cc1nc2ccc(S(=O)(=O)NC[C@@H]3C[C@H](F)CN3)cc2s1. The molecule has 1 aromatic carbocycles. The van der Waals surface area contributed by atoms with Gasteiger partial charge in [0, 0.05) is 19.1 Å². The number of fused-ring (bicyclic) bond motifs is 1. The van der Waals surface area contributed by atoms with Crippen molar-refractivity contribution in [3.05, 3.63) is 23.2 Å². The van der Waals surface area contributed by atoms with Gasteiger partial charge in [0.05, 0.1) is 20.1 Å². The van der Waals surface area contributed by atoms with Crippen molar-refractivity contribution in [2.75, 3.05) is 13.1 Å². The first-order chi connectivity index (χ1) is 9.94. The minimum Gasteiger partial charge on any atom is -0.310 e. The molecule has 21 heavy (non-hydrogen) atoms. The molecule has 3 rings (SSSR count). The molecular weight excluding hydrogens is 313 g/mol. The van der Waals surface area contributed by atoms with Crippen molar-refractivity contribution in [3.8, 4) is 0 Å². The maximum atomic E-state index is 13.0. The Hall–Kier alpha value is -1.09. The molecule has 0 radical (unpaired) electrons. The summed E-state index contributed by atoms with van der Waals surface area (Å²) in [6.07, 6.45) is -0.550. The van der Waals surface area contributed by atoms with Crippen LogP contribution in [-0.2, 0) is 10.0 Å². The Morgan fingerprint density at radius 1 is 1.52 bits per heavy atom. The van der Waals surface area contributed by atoms with Crippen molar-refractivity contribution in [1.82, 2.24) is 15.0 Å². The second kappa shape index (κ2) is 5.60. The van der Waals surface area contributed by atoms with Gasteiger partial charge in [-0.15, -0.1) is 11.3 Å². The highest BCUT2D eigenvalue weighted by Crippen LogP contribution is 2.24. The highest BCUT2D eigenvalue weighted by atomic mass is 32.2. The largest absolute Gasteiger partial charge is 0.310 e. The molecular formula is C13H16FN3O2S2. The summed E-state index contributed by atoms with van der Waals surface area (Å²) in [5.74, 6) is 0. The standard InChI is InChI=1S/C13H16FN3O2S2/c1-8-17-12-3-2-11(5-13(12)20-8)21(18,19)16-7-10-4-9(14)6-15-10/h2-3,5,9-10,15-16H,4,6-7H2,1H3/t9-,10-/m0/s1. The number of aryl methyl sites for hydroxylation is 1. The molecule has 8 heteroatoms. The lowest BCUT2D eigenvalue weighted by atomic mass is 10.2. The third kappa shape index (κ3) is 3.23. The summed E-state index contributed by atoms with van der Waals surface area (Å²) < 4.78 is 41.0. The molecule has 0 amide bonds. The van der Waals surface area contributed by atoms with Crippen molar-refractivity contribution in [3.63, 3.8) is 0 Å². The minimum absolute atomic E-state index is 0.149. The van der Waals surface area contributed by atoms with Crippen LogP contribution in [0.15, 0.2) is 23.1 Å². The van der Waals surface area contributed by atoms with Gasteiger partial charge in [0.25, 0.3) is 0 Å². The van der Waals surface area contributed by atoms with Crippen molar-refractivity contribution in [2.24, 2.45) is 0 Å². The zero-order valence-corrected chi connectivity index (χ0v) is 13.1. The normalized spacial score (nSPS) is 23.0. The van der Waals surface area contributed by atoms with Gasteiger partial charge in [-0.25, -0.2) is 22.5 Å². The van der Waals surface area contributed by atoms with Crippen LogP contribution in [0.25, 0.3) is 10.2 Å². The van der Waals surface area contributed by atoms with Crippen molar-refractivity contribution < 1.29 is 12.8 Å². The summed E-state index contributed by atoms with van der Waals surface area (Å²) in [6.45, 7) is 2.37. The first kappa shape index (κ1) is 14.8. The van der Waals surface area contributed by atoms with E-state index in [0.29, 0.717) is 13.0 Å². The van der Waals surface area contributed by atoms with Crippen LogP contribution in [0.4, 0.5) is 4.39 Å². The molecule has 0 bridgehead atoms. The maximum absolute atomic E-state index is 13.0. The van der Waals surface area contributed by atoms with Gasteiger partial charge < -0.3 is 5.32 Å². The van der Waals surface area contributed by atoms with E-state index in [2.05, 4.69) is 15.0 Å². The molecule has 0 spiro atoms. The molecule has 2 N–H and O–H groups in total. The molecule has 0 unspecified atom stereocenters. The Bertz CT molecular complexity index is 760. The van der Waals surface area contributed by atoms with Gasteiger partial charge in [-0.2, -0.15) is 0 Å². The summed E-state index contributed by atoms with van der Waals surface area (Å²) in [6, 6.07) is 4.73. The quantitative estimate of drug-likeness (QED) is 0.893. The Labute approximate surface area is 126 Å². The van der Waals surface area contributed by atoms with Crippen LogP contribution in [0.5, 0.6) is 0 Å². The number of nitrogens with zero attached hydrogens (tertiary/aromatic N) is 1. The van der Waals surface area contributed by atoms with Gasteiger partial charge in [-0.1, -0.05) is 0 Å². The number of aromatic nitrogens is 1. The number of thiazole rings is 1. The van der Waals surface area contributed by atoms with Crippen molar-refractivity contribution in [1.29, 1.82) is 0 Å². The van der Waals surface area contributed by atoms with Crippen molar-refractivity contribution >= 4 is 31.6 Å². The molecule has 1 aromatic heterocycles. The molecule has 2 heterocycles. The van der Waals surface area contributed by atoms with Gasteiger partial charge >= 0.3 is 0 Å². The number of hydrogen-bond donors (Lipinski definition) is 2. The molecule has 1 saturated heterocycles. The number of benzene rings is 1. The van der Waals surface area contributed by atoms with E-state index >= 15 is 0 Å². The fourth-order valence-corrected chi connectivity index (χ4v) is 4.45. The molecule has 5 nitrogen and oxygen atoms in total. The number of nitrogens with one attached hydrogen (secondary N) is 2. The first-order valence-corrected chi connectivity index (χ1v) is 8.98. The van der Waals surface area contributed by atoms with Crippen LogP contribution in [0.3, 0.4) is 0 Å². The summed E-state index contributed by atoms with van der Waals surface area (Å²) in [4.78, 5) is 4.52. The minimum atomic E-state index is -3.58. The molecule has 1 aliphatic heterocycles. The van der Waals surface area contributed by atoms with Crippen LogP contribution in [0, 0.1) is 6.92 Å². The summed E-state index contributed by atoms with van der Waals surface area (Å²) in [5, 5.41) is 3.85. The highest BCUT2D eigenvalue weighted by Gasteiger charge is 2.25. The Kier molecular flexibility index (Phi) is 3.96. The van der Waals surface area contributed by atoms with Crippen LogP contribution in [0.2, 0.25) is 0 Å². The van der Waals surface area contributed by atoms with E-state index in [4.69, 9.17) is 0 Å². The smallest absolute Gasteiger partial charge is 0.240 e. The molecule has 2 atom stereocenters. The number of hydrogen-bond acceptors (Lipinski definition) is 5. The van der Waals surface area contributed by atoms with Crippen LogP contribution in [-0.4, -0.2) is 38.7 Å². The van der Waals surface area contributed by atoms with Gasteiger partial charge in [0.2, 0.25) is 10.0 Å².